The molecule has 0 saturated carbocycles. The molecule has 6 heteroatoms. The fourth-order valence-electron chi connectivity index (χ4n) is 1.89. The Morgan fingerprint density at radius 3 is 2.35 bits per heavy atom. The van der Waals surface area contributed by atoms with Crippen LogP contribution in [0.2, 0.25) is 0 Å². The zero-order chi connectivity index (χ0) is 17.0. The van der Waals surface area contributed by atoms with Crippen LogP contribution < -0.4 is 5.32 Å². The third kappa shape index (κ3) is 4.42. The van der Waals surface area contributed by atoms with Crippen molar-refractivity contribution in [3.8, 4) is 11.3 Å². The summed E-state index contributed by atoms with van der Waals surface area (Å²) >= 11 is 0. The minimum Gasteiger partial charge on any atom is -0.449 e. The Hall–Kier alpha value is -2.63. The normalized spacial score (nSPS) is 12.0. The van der Waals surface area contributed by atoms with Crippen LogP contribution in [-0.2, 0) is 9.53 Å². The number of carbonyl (C=O) groups excluding carboxylic acids is 2. The Kier molecular flexibility index (Phi) is 5.16. The molecule has 1 amide bonds. The Morgan fingerprint density at radius 2 is 1.74 bits per heavy atom. The molecule has 1 heterocycles. The maximum absolute atomic E-state index is 12.9. The monoisotopic (exact) mass is 319 g/mol. The van der Waals surface area contributed by atoms with E-state index in [1.54, 1.807) is 18.2 Å². The van der Waals surface area contributed by atoms with Gasteiger partial charge >= 0.3 is 5.97 Å². The molecule has 0 spiro atoms. The number of ether oxygens (including phenoxy) is 1. The van der Waals surface area contributed by atoms with E-state index in [0.29, 0.717) is 11.3 Å². The highest BCUT2D eigenvalue weighted by Crippen LogP contribution is 2.23. The molecule has 1 N–H and O–H groups in total. The number of furan rings is 1. The Morgan fingerprint density at radius 1 is 1.09 bits per heavy atom. The molecular weight excluding hydrogens is 301 g/mol. The van der Waals surface area contributed by atoms with Crippen LogP contribution in [0.5, 0.6) is 0 Å². The van der Waals surface area contributed by atoms with E-state index >= 15 is 0 Å². The molecule has 0 aliphatic heterocycles. The van der Waals surface area contributed by atoms with Gasteiger partial charge in [0, 0.05) is 11.6 Å². The summed E-state index contributed by atoms with van der Waals surface area (Å²) in [5.41, 5.74) is 0.635. The largest absolute Gasteiger partial charge is 0.449 e. The third-order valence-corrected chi connectivity index (χ3v) is 3.02. The maximum Gasteiger partial charge on any atom is 0.375 e. The van der Waals surface area contributed by atoms with Crippen molar-refractivity contribution in [2.24, 2.45) is 0 Å². The molecule has 1 atom stereocenters. The summed E-state index contributed by atoms with van der Waals surface area (Å²) in [6, 6.07) is 8.68. The predicted octanol–water partition coefficient (Wildman–Crippen LogP) is 3.16. The highest BCUT2D eigenvalue weighted by atomic mass is 19.1. The number of hydrogen-bond donors (Lipinski definition) is 1. The fraction of sp³-hybridized carbons (Fsp3) is 0.294. The SMILES string of the molecule is CC(C)NC(=O)C(C)OC(=O)c1ccc(-c2ccc(F)cc2)o1. The number of carbonyl (C=O) groups is 2. The molecular formula is C17H18FNO4. The molecule has 0 saturated heterocycles. The summed E-state index contributed by atoms with van der Waals surface area (Å²) < 4.78 is 23.4. The first kappa shape index (κ1) is 16.7. The maximum atomic E-state index is 12.9. The summed E-state index contributed by atoms with van der Waals surface area (Å²) in [5.74, 6) is -1.07. The van der Waals surface area contributed by atoms with Crippen molar-refractivity contribution in [1.82, 2.24) is 5.32 Å². The topological polar surface area (TPSA) is 68.5 Å². The smallest absolute Gasteiger partial charge is 0.375 e. The molecule has 23 heavy (non-hydrogen) atoms. The number of amides is 1. The highest BCUT2D eigenvalue weighted by Gasteiger charge is 2.21. The molecule has 0 aliphatic carbocycles. The summed E-state index contributed by atoms with van der Waals surface area (Å²) in [6.45, 7) is 5.11. The molecule has 1 aromatic heterocycles. The second-order valence-corrected chi connectivity index (χ2v) is 5.38. The van der Waals surface area contributed by atoms with Crippen LogP contribution >= 0.6 is 0 Å². The van der Waals surface area contributed by atoms with E-state index in [1.165, 1.54) is 25.1 Å². The first-order chi connectivity index (χ1) is 10.9. The lowest BCUT2D eigenvalue weighted by atomic mass is 10.2. The number of benzene rings is 1. The van der Waals surface area contributed by atoms with Gasteiger partial charge in [0.2, 0.25) is 5.76 Å². The lowest BCUT2D eigenvalue weighted by Crippen LogP contribution is -2.39. The zero-order valence-electron chi connectivity index (χ0n) is 13.1. The molecule has 0 aliphatic rings. The minimum atomic E-state index is -0.927. The van der Waals surface area contributed by atoms with Crippen LogP contribution in [0.3, 0.4) is 0 Å². The predicted molar refractivity (Wildman–Crippen MR) is 82.3 cm³/mol. The van der Waals surface area contributed by atoms with Crippen molar-refractivity contribution in [3.63, 3.8) is 0 Å². The molecule has 1 aromatic carbocycles. The number of halogens is 1. The van der Waals surface area contributed by atoms with Gasteiger partial charge in [-0.1, -0.05) is 0 Å². The standard InChI is InChI=1S/C17H18FNO4/c1-10(2)19-16(20)11(3)22-17(21)15-9-8-14(23-15)12-4-6-13(18)7-5-12/h4-11H,1-3H3,(H,19,20). The average molecular weight is 319 g/mol. The number of esters is 1. The Bertz CT molecular complexity index is 691. The van der Waals surface area contributed by atoms with Crippen molar-refractivity contribution in [2.45, 2.75) is 32.9 Å². The molecule has 1 unspecified atom stereocenters. The molecule has 0 radical (unpaired) electrons. The second-order valence-electron chi connectivity index (χ2n) is 5.38. The first-order valence-electron chi connectivity index (χ1n) is 7.24. The van der Waals surface area contributed by atoms with E-state index in [-0.39, 0.29) is 23.5 Å². The van der Waals surface area contributed by atoms with E-state index in [1.807, 2.05) is 13.8 Å². The lowest BCUT2D eigenvalue weighted by molar-refractivity contribution is -0.129. The van der Waals surface area contributed by atoms with Crippen molar-refractivity contribution < 1.29 is 23.1 Å². The molecule has 0 fully saturated rings. The van der Waals surface area contributed by atoms with Crippen molar-refractivity contribution in [1.29, 1.82) is 0 Å². The first-order valence-corrected chi connectivity index (χ1v) is 7.24. The summed E-state index contributed by atoms with van der Waals surface area (Å²) in [6.07, 6.45) is -0.927. The van der Waals surface area contributed by atoms with Crippen LogP contribution in [0, 0.1) is 5.82 Å². The van der Waals surface area contributed by atoms with Gasteiger partial charge in [-0.3, -0.25) is 4.79 Å². The van der Waals surface area contributed by atoms with Gasteiger partial charge < -0.3 is 14.5 Å². The van der Waals surface area contributed by atoms with E-state index in [2.05, 4.69) is 5.32 Å². The highest BCUT2D eigenvalue weighted by molar-refractivity contribution is 5.90. The number of hydrogen-bond acceptors (Lipinski definition) is 4. The van der Waals surface area contributed by atoms with Crippen LogP contribution in [0.4, 0.5) is 4.39 Å². The van der Waals surface area contributed by atoms with Crippen LogP contribution in [0.1, 0.15) is 31.3 Å². The van der Waals surface area contributed by atoms with Crippen molar-refractivity contribution in [3.05, 3.63) is 48.0 Å². The summed E-state index contributed by atoms with van der Waals surface area (Å²) in [7, 11) is 0. The van der Waals surface area contributed by atoms with E-state index in [0.717, 1.165) is 0 Å². The minimum absolute atomic E-state index is 0.0199. The van der Waals surface area contributed by atoms with Gasteiger partial charge in [0.1, 0.15) is 11.6 Å². The Labute approximate surface area is 133 Å². The van der Waals surface area contributed by atoms with Gasteiger partial charge in [-0.25, -0.2) is 9.18 Å². The van der Waals surface area contributed by atoms with Gasteiger partial charge in [-0.15, -0.1) is 0 Å². The number of nitrogens with one attached hydrogen (secondary N) is 1. The van der Waals surface area contributed by atoms with Crippen LogP contribution in [0.25, 0.3) is 11.3 Å². The van der Waals surface area contributed by atoms with Gasteiger partial charge in [0.15, 0.2) is 6.10 Å². The summed E-state index contributed by atoms with van der Waals surface area (Å²) in [5, 5.41) is 2.65. The van der Waals surface area contributed by atoms with Gasteiger partial charge in [-0.05, 0) is 57.2 Å². The molecule has 5 nitrogen and oxygen atoms in total. The summed E-state index contributed by atoms with van der Waals surface area (Å²) in [4.78, 5) is 23.7. The van der Waals surface area contributed by atoms with E-state index in [9.17, 15) is 14.0 Å². The molecule has 0 bridgehead atoms. The number of rotatable bonds is 5. The second kappa shape index (κ2) is 7.09. The van der Waals surface area contributed by atoms with E-state index < -0.39 is 12.1 Å². The average Bonchev–Trinajstić information content (AvgIpc) is 2.97. The van der Waals surface area contributed by atoms with Gasteiger partial charge in [0.05, 0.1) is 0 Å². The van der Waals surface area contributed by atoms with Crippen molar-refractivity contribution in [2.75, 3.05) is 0 Å². The molecule has 122 valence electrons. The van der Waals surface area contributed by atoms with Gasteiger partial charge in [0.25, 0.3) is 5.91 Å². The van der Waals surface area contributed by atoms with Crippen LogP contribution in [0.15, 0.2) is 40.8 Å². The molecule has 2 rings (SSSR count). The van der Waals surface area contributed by atoms with E-state index in [4.69, 9.17) is 9.15 Å². The fourth-order valence-corrected chi connectivity index (χ4v) is 1.89. The lowest BCUT2D eigenvalue weighted by Gasteiger charge is -2.14. The van der Waals surface area contributed by atoms with Crippen molar-refractivity contribution >= 4 is 11.9 Å². The third-order valence-electron chi connectivity index (χ3n) is 3.02. The van der Waals surface area contributed by atoms with Gasteiger partial charge in [-0.2, -0.15) is 0 Å². The Balaban J connectivity index is 2.03. The quantitative estimate of drug-likeness (QED) is 0.860. The molecule has 2 aromatic rings. The zero-order valence-corrected chi connectivity index (χ0v) is 13.1. The van der Waals surface area contributed by atoms with Crippen LogP contribution in [-0.4, -0.2) is 24.0 Å².